The average Bonchev–Trinajstić information content (AvgIpc) is 2.25. The monoisotopic (exact) mass is 251 g/mol. The lowest BCUT2D eigenvalue weighted by molar-refractivity contribution is 0.125. The molecule has 106 valence electrons. The van der Waals surface area contributed by atoms with Gasteiger partial charge in [0.1, 0.15) is 0 Å². The Morgan fingerprint density at radius 2 is 1.61 bits per heavy atom. The summed E-state index contributed by atoms with van der Waals surface area (Å²) < 4.78 is 0. The fourth-order valence-electron chi connectivity index (χ4n) is 2.98. The molecule has 1 heteroatoms. The van der Waals surface area contributed by atoms with Crippen molar-refractivity contribution in [3.63, 3.8) is 0 Å². The van der Waals surface area contributed by atoms with Crippen LogP contribution >= 0.6 is 0 Å². The molecule has 0 aromatic carbocycles. The summed E-state index contributed by atoms with van der Waals surface area (Å²) in [6, 6.07) is 0. The van der Waals surface area contributed by atoms with Crippen molar-refractivity contribution in [1.82, 2.24) is 4.90 Å². The summed E-state index contributed by atoms with van der Waals surface area (Å²) >= 11 is 0. The molecule has 0 radical (unpaired) electrons. The second kappa shape index (κ2) is 5.27. The molecule has 1 aliphatic rings. The molecule has 1 aliphatic carbocycles. The van der Waals surface area contributed by atoms with E-state index in [-0.39, 0.29) is 5.54 Å². The molecular formula is C17H33N. The minimum atomic E-state index is 0.186. The Hall–Kier alpha value is -0.460. The highest BCUT2D eigenvalue weighted by Gasteiger charge is 2.33. The van der Waals surface area contributed by atoms with Gasteiger partial charge in [0.2, 0.25) is 0 Å². The highest BCUT2D eigenvalue weighted by Crippen LogP contribution is 2.43. The van der Waals surface area contributed by atoms with Gasteiger partial charge in [-0.05, 0) is 57.3 Å². The van der Waals surface area contributed by atoms with Gasteiger partial charge in [0, 0.05) is 18.3 Å². The van der Waals surface area contributed by atoms with Gasteiger partial charge in [-0.3, -0.25) is 0 Å². The minimum Gasteiger partial charge on any atom is -0.373 e. The predicted molar refractivity (Wildman–Crippen MR) is 81.6 cm³/mol. The van der Waals surface area contributed by atoms with Gasteiger partial charge in [0.25, 0.3) is 0 Å². The molecule has 1 fully saturated rings. The Morgan fingerprint density at radius 1 is 1.06 bits per heavy atom. The second-order valence-corrected chi connectivity index (χ2v) is 8.15. The van der Waals surface area contributed by atoms with E-state index >= 15 is 0 Å². The van der Waals surface area contributed by atoms with Crippen LogP contribution in [0.25, 0.3) is 0 Å². The van der Waals surface area contributed by atoms with Crippen LogP contribution in [0.15, 0.2) is 12.3 Å². The largest absolute Gasteiger partial charge is 0.373 e. The SMILES string of the molecule is C=C(C1CCCC(C(C)(C)C)C1)N(C)C(C)(C)C. The molecule has 0 N–H and O–H groups in total. The van der Waals surface area contributed by atoms with Crippen molar-refractivity contribution in [2.45, 2.75) is 72.8 Å². The maximum Gasteiger partial charge on any atom is 0.0311 e. The summed E-state index contributed by atoms with van der Waals surface area (Å²) in [5.41, 5.74) is 1.97. The number of hydrogen-bond donors (Lipinski definition) is 0. The Kier molecular flexibility index (Phi) is 4.56. The van der Waals surface area contributed by atoms with Gasteiger partial charge in [0.05, 0.1) is 0 Å². The summed E-state index contributed by atoms with van der Waals surface area (Å²) in [6.07, 6.45) is 5.41. The summed E-state index contributed by atoms with van der Waals surface area (Å²) in [4.78, 5) is 2.38. The lowest BCUT2D eigenvalue weighted by Gasteiger charge is -2.43. The van der Waals surface area contributed by atoms with Crippen LogP contribution in [0.2, 0.25) is 0 Å². The highest BCUT2D eigenvalue weighted by molar-refractivity contribution is 5.05. The van der Waals surface area contributed by atoms with Gasteiger partial charge < -0.3 is 4.90 Å². The van der Waals surface area contributed by atoms with Gasteiger partial charge >= 0.3 is 0 Å². The minimum absolute atomic E-state index is 0.186. The first-order valence-corrected chi connectivity index (χ1v) is 7.46. The third kappa shape index (κ3) is 3.76. The van der Waals surface area contributed by atoms with Gasteiger partial charge in [0.15, 0.2) is 0 Å². The molecule has 2 unspecified atom stereocenters. The molecule has 1 saturated carbocycles. The van der Waals surface area contributed by atoms with E-state index in [0.717, 1.165) is 5.92 Å². The first-order valence-electron chi connectivity index (χ1n) is 7.46. The molecule has 0 saturated heterocycles. The molecule has 0 aromatic rings. The molecule has 0 aliphatic heterocycles. The summed E-state index contributed by atoms with van der Waals surface area (Å²) in [7, 11) is 2.20. The van der Waals surface area contributed by atoms with E-state index in [9.17, 15) is 0 Å². The van der Waals surface area contributed by atoms with E-state index in [4.69, 9.17) is 0 Å². The Balaban J connectivity index is 2.70. The van der Waals surface area contributed by atoms with Crippen molar-refractivity contribution in [3.8, 4) is 0 Å². The van der Waals surface area contributed by atoms with Gasteiger partial charge in [-0.1, -0.05) is 33.8 Å². The molecule has 1 nitrogen and oxygen atoms in total. The maximum absolute atomic E-state index is 4.39. The number of hydrogen-bond acceptors (Lipinski definition) is 1. The van der Waals surface area contributed by atoms with Crippen LogP contribution in [0, 0.1) is 17.3 Å². The van der Waals surface area contributed by atoms with Crippen LogP contribution in [0.1, 0.15) is 67.2 Å². The Morgan fingerprint density at radius 3 is 2.06 bits per heavy atom. The van der Waals surface area contributed by atoms with Gasteiger partial charge in [-0.15, -0.1) is 0 Å². The lowest BCUT2D eigenvalue weighted by Crippen LogP contribution is -2.40. The molecule has 0 heterocycles. The van der Waals surface area contributed by atoms with Gasteiger partial charge in [-0.25, -0.2) is 0 Å². The van der Waals surface area contributed by atoms with E-state index in [1.807, 2.05) is 0 Å². The highest BCUT2D eigenvalue weighted by atomic mass is 15.2. The molecular weight excluding hydrogens is 218 g/mol. The first kappa shape index (κ1) is 15.6. The topological polar surface area (TPSA) is 3.24 Å². The zero-order valence-corrected chi connectivity index (χ0v) is 13.6. The van der Waals surface area contributed by atoms with Crippen molar-refractivity contribution < 1.29 is 0 Å². The van der Waals surface area contributed by atoms with E-state index in [2.05, 4.69) is 60.1 Å². The van der Waals surface area contributed by atoms with Crippen LogP contribution in [0.5, 0.6) is 0 Å². The van der Waals surface area contributed by atoms with E-state index in [1.165, 1.54) is 31.4 Å². The number of allylic oxidation sites excluding steroid dienone is 1. The van der Waals surface area contributed by atoms with Crippen LogP contribution in [0.3, 0.4) is 0 Å². The van der Waals surface area contributed by atoms with Crippen molar-refractivity contribution in [1.29, 1.82) is 0 Å². The second-order valence-electron chi connectivity index (χ2n) is 8.15. The van der Waals surface area contributed by atoms with Crippen LogP contribution < -0.4 is 0 Å². The van der Waals surface area contributed by atoms with E-state index in [1.54, 1.807) is 0 Å². The Bertz CT molecular complexity index is 290. The molecule has 0 bridgehead atoms. The van der Waals surface area contributed by atoms with Crippen LogP contribution in [-0.2, 0) is 0 Å². The van der Waals surface area contributed by atoms with Crippen LogP contribution in [0.4, 0.5) is 0 Å². The summed E-state index contributed by atoms with van der Waals surface area (Å²) in [5, 5.41) is 0. The van der Waals surface area contributed by atoms with Gasteiger partial charge in [-0.2, -0.15) is 0 Å². The van der Waals surface area contributed by atoms with Crippen molar-refractivity contribution in [3.05, 3.63) is 12.3 Å². The van der Waals surface area contributed by atoms with E-state index in [0.29, 0.717) is 11.3 Å². The fraction of sp³-hybridized carbons (Fsp3) is 0.882. The van der Waals surface area contributed by atoms with E-state index < -0.39 is 0 Å². The zero-order chi connectivity index (χ0) is 14.1. The predicted octanol–water partition coefficient (Wildman–Crippen LogP) is 5.08. The molecule has 2 atom stereocenters. The average molecular weight is 251 g/mol. The van der Waals surface area contributed by atoms with Crippen molar-refractivity contribution in [2.75, 3.05) is 7.05 Å². The normalized spacial score (nSPS) is 25.9. The fourth-order valence-corrected chi connectivity index (χ4v) is 2.98. The Labute approximate surface area is 115 Å². The number of nitrogens with zero attached hydrogens (tertiary/aromatic N) is 1. The van der Waals surface area contributed by atoms with Crippen molar-refractivity contribution >= 4 is 0 Å². The quantitative estimate of drug-likeness (QED) is 0.661. The molecule has 1 rings (SSSR count). The lowest BCUT2D eigenvalue weighted by atomic mass is 9.68. The smallest absolute Gasteiger partial charge is 0.0311 e. The molecule has 18 heavy (non-hydrogen) atoms. The zero-order valence-electron chi connectivity index (χ0n) is 13.6. The third-order valence-electron chi connectivity index (χ3n) is 4.81. The third-order valence-corrected chi connectivity index (χ3v) is 4.81. The van der Waals surface area contributed by atoms with Crippen LogP contribution in [-0.4, -0.2) is 17.5 Å². The first-order chi connectivity index (χ1) is 8.03. The standard InChI is InChI=1S/C17H33N/c1-13(18(8)17(5,6)7)14-10-9-11-15(12-14)16(2,3)4/h14-15H,1,9-12H2,2-8H3. The number of rotatable bonds is 2. The maximum atomic E-state index is 4.39. The summed E-state index contributed by atoms with van der Waals surface area (Å²) in [6.45, 7) is 18.3. The van der Waals surface area contributed by atoms with Crippen molar-refractivity contribution in [2.24, 2.45) is 17.3 Å². The molecule has 0 spiro atoms. The molecule has 0 aromatic heterocycles. The molecule has 0 amide bonds. The summed E-state index contributed by atoms with van der Waals surface area (Å²) in [5.74, 6) is 1.54.